The van der Waals surface area contributed by atoms with Crippen molar-refractivity contribution in [2.24, 2.45) is 0 Å². The summed E-state index contributed by atoms with van der Waals surface area (Å²) in [4.78, 5) is 19.6. The van der Waals surface area contributed by atoms with Crippen LogP contribution in [0.4, 0.5) is 15.7 Å². The summed E-state index contributed by atoms with van der Waals surface area (Å²) < 4.78 is 0. The predicted molar refractivity (Wildman–Crippen MR) is 45.1 cm³/mol. The van der Waals surface area contributed by atoms with Crippen LogP contribution in [0.25, 0.3) is 0 Å². The number of nitrogens with one attached hydrogen (secondary N) is 1. The fourth-order valence-electron chi connectivity index (χ4n) is 0.658. The van der Waals surface area contributed by atoms with Crippen molar-refractivity contribution < 1.29 is 9.72 Å². The van der Waals surface area contributed by atoms with E-state index < -0.39 is 4.92 Å². The molecule has 0 fully saturated rings. The maximum Gasteiger partial charge on any atom is 0.328 e. The van der Waals surface area contributed by atoms with Crippen molar-refractivity contribution in [1.82, 2.24) is 0 Å². The van der Waals surface area contributed by atoms with Crippen LogP contribution in [0.2, 0.25) is 0 Å². The molecule has 6 nitrogen and oxygen atoms in total. The Hall–Kier alpha value is -1.63. The Bertz CT molecular complexity index is 322. The number of amides is 1. The number of hydrogen-bond acceptors (Lipinski definition) is 5. The first-order valence-electron chi connectivity index (χ1n) is 2.89. The standard InChI is InChI=1S/C5H5N3O3S/c6-5-3(7-2-9)1-4(12-5)8(10)11/h1-2H,6H2,(H,7,9). The summed E-state index contributed by atoms with van der Waals surface area (Å²) in [6, 6.07) is 1.22. The molecule has 0 aliphatic rings. The Morgan fingerprint density at radius 2 is 2.42 bits per heavy atom. The fourth-order valence-corrected chi connectivity index (χ4v) is 1.36. The molecule has 0 saturated heterocycles. The van der Waals surface area contributed by atoms with Crippen LogP contribution in [-0.2, 0) is 4.79 Å². The predicted octanol–water partition coefficient (Wildman–Crippen LogP) is 0.807. The molecule has 1 rings (SSSR count). The van der Waals surface area contributed by atoms with E-state index in [-0.39, 0.29) is 15.7 Å². The second kappa shape index (κ2) is 3.18. The maximum atomic E-state index is 10.2. The third-order valence-corrected chi connectivity index (χ3v) is 2.06. The summed E-state index contributed by atoms with van der Waals surface area (Å²) in [5.74, 6) is 0. The second-order valence-electron chi connectivity index (χ2n) is 1.88. The monoisotopic (exact) mass is 187 g/mol. The molecule has 3 N–H and O–H groups in total. The number of anilines is 2. The van der Waals surface area contributed by atoms with Crippen molar-refractivity contribution in [2.75, 3.05) is 11.1 Å². The van der Waals surface area contributed by atoms with Gasteiger partial charge in [0.1, 0.15) is 5.00 Å². The van der Waals surface area contributed by atoms with E-state index in [1.54, 1.807) is 0 Å². The Labute approximate surface area is 71.1 Å². The quantitative estimate of drug-likeness (QED) is 0.415. The lowest BCUT2D eigenvalue weighted by Crippen LogP contribution is -1.94. The molecule has 1 aromatic rings. The van der Waals surface area contributed by atoms with Gasteiger partial charge in [0.05, 0.1) is 16.7 Å². The minimum Gasteiger partial charge on any atom is -0.389 e. The van der Waals surface area contributed by atoms with E-state index in [0.717, 1.165) is 11.3 Å². The Morgan fingerprint density at radius 3 is 2.83 bits per heavy atom. The highest BCUT2D eigenvalue weighted by molar-refractivity contribution is 7.19. The highest BCUT2D eigenvalue weighted by Gasteiger charge is 2.13. The lowest BCUT2D eigenvalue weighted by molar-refractivity contribution is -0.380. The van der Waals surface area contributed by atoms with E-state index in [4.69, 9.17) is 5.73 Å². The van der Waals surface area contributed by atoms with E-state index in [1.807, 2.05) is 0 Å². The molecule has 0 radical (unpaired) electrons. The highest BCUT2D eigenvalue weighted by atomic mass is 32.1. The minimum atomic E-state index is -0.559. The third-order valence-electron chi connectivity index (χ3n) is 1.14. The maximum absolute atomic E-state index is 10.2. The molecular weight excluding hydrogens is 182 g/mol. The zero-order chi connectivity index (χ0) is 9.14. The number of thiophene rings is 1. The lowest BCUT2D eigenvalue weighted by Gasteiger charge is -1.90. The largest absolute Gasteiger partial charge is 0.389 e. The molecule has 1 aromatic heterocycles. The van der Waals surface area contributed by atoms with E-state index in [9.17, 15) is 14.9 Å². The first-order valence-corrected chi connectivity index (χ1v) is 3.70. The van der Waals surface area contributed by atoms with Gasteiger partial charge in [-0.25, -0.2) is 0 Å². The van der Waals surface area contributed by atoms with Gasteiger partial charge >= 0.3 is 5.00 Å². The molecule has 1 amide bonds. The first-order chi connectivity index (χ1) is 5.65. The molecule has 0 bridgehead atoms. The molecule has 0 aliphatic carbocycles. The van der Waals surface area contributed by atoms with Crippen molar-refractivity contribution in [1.29, 1.82) is 0 Å². The first kappa shape index (κ1) is 8.47. The number of rotatable bonds is 3. The molecule has 0 unspecified atom stereocenters. The topological polar surface area (TPSA) is 98.3 Å². The molecule has 7 heteroatoms. The average molecular weight is 187 g/mol. The molecule has 0 aromatic carbocycles. The molecule has 0 saturated carbocycles. The molecular formula is C5H5N3O3S. The summed E-state index contributed by atoms with van der Waals surface area (Å²) >= 11 is 0.820. The van der Waals surface area contributed by atoms with Crippen LogP contribution in [-0.4, -0.2) is 11.3 Å². The van der Waals surface area contributed by atoms with Gasteiger partial charge in [0.25, 0.3) is 0 Å². The van der Waals surface area contributed by atoms with Gasteiger partial charge < -0.3 is 11.1 Å². The van der Waals surface area contributed by atoms with Gasteiger partial charge in [-0.1, -0.05) is 0 Å². The van der Waals surface area contributed by atoms with Crippen LogP contribution < -0.4 is 11.1 Å². The van der Waals surface area contributed by atoms with Gasteiger partial charge in [0.15, 0.2) is 0 Å². The van der Waals surface area contributed by atoms with E-state index in [1.165, 1.54) is 6.07 Å². The highest BCUT2D eigenvalue weighted by Crippen LogP contribution is 2.34. The van der Waals surface area contributed by atoms with Crippen LogP contribution in [0.1, 0.15) is 0 Å². The Balaban J connectivity index is 2.99. The summed E-state index contributed by atoms with van der Waals surface area (Å²) in [7, 11) is 0. The molecule has 12 heavy (non-hydrogen) atoms. The van der Waals surface area contributed by atoms with Gasteiger partial charge in [0, 0.05) is 0 Å². The SMILES string of the molecule is Nc1sc([N+](=O)[O-])cc1NC=O. The van der Waals surface area contributed by atoms with E-state index in [2.05, 4.69) is 5.32 Å². The van der Waals surface area contributed by atoms with Gasteiger partial charge in [-0.15, -0.1) is 0 Å². The number of nitrogens with two attached hydrogens (primary N) is 1. The van der Waals surface area contributed by atoms with Gasteiger partial charge in [0.2, 0.25) is 6.41 Å². The molecule has 0 spiro atoms. The fraction of sp³-hybridized carbons (Fsp3) is 0. The number of nitrogen functional groups attached to an aromatic ring is 1. The van der Waals surface area contributed by atoms with Crippen molar-refractivity contribution in [2.45, 2.75) is 0 Å². The third kappa shape index (κ3) is 1.51. The van der Waals surface area contributed by atoms with Gasteiger partial charge in [-0.3, -0.25) is 14.9 Å². The number of nitrogens with zero attached hydrogens (tertiary/aromatic N) is 1. The van der Waals surface area contributed by atoms with Crippen LogP contribution in [0.15, 0.2) is 6.07 Å². The smallest absolute Gasteiger partial charge is 0.328 e. The summed E-state index contributed by atoms with van der Waals surface area (Å²) in [5.41, 5.74) is 5.64. The average Bonchev–Trinajstić information content (AvgIpc) is 2.34. The Morgan fingerprint density at radius 1 is 1.75 bits per heavy atom. The molecule has 0 atom stereocenters. The van der Waals surface area contributed by atoms with Crippen molar-refractivity contribution >= 4 is 33.4 Å². The van der Waals surface area contributed by atoms with Crippen molar-refractivity contribution in [3.8, 4) is 0 Å². The summed E-state index contributed by atoms with van der Waals surface area (Å²) in [6.07, 6.45) is 0.419. The lowest BCUT2D eigenvalue weighted by atomic mass is 10.5. The van der Waals surface area contributed by atoms with E-state index >= 15 is 0 Å². The van der Waals surface area contributed by atoms with Crippen LogP contribution in [0.3, 0.4) is 0 Å². The van der Waals surface area contributed by atoms with Crippen LogP contribution in [0, 0.1) is 10.1 Å². The Kier molecular flexibility index (Phi) is 2.24. The second-order valence-corrected chi connectivity index (χ2v) is 2.94. The van der Waals surface area contributed by atoms with Crippen molar-refractivity contribution in [3.05, 3.63) is 16.2 Å². The van der Waals surface area contributed by atoms with Crippen LogP contribution in [0.5, 0.6) is 0 Å². The number of carbonyl (C=O) groups is 1. The van der Waals surface area contributed by atoms with Crippen molar-refractivity contribution in [3.63, 3.8) is 0 Å². The van der Waals surface area contributed by atoms with E-state index in [0.29, 0.717) is 6.41 Å². The normalized spacial score (nSPS) is 9.33. The number of nitro groups is 1. The summed E-state index contributed by atoms with van der Waals surface area (Å²) in [5, 5.41) is 12.6. The molecule has 0 aliphatic heterocycles. The van der Waals surface area contributed by atoms with Gasteiger partial charge in [-0.2, -0.15) is 0 Å². The van der Waals surface area contributed by atoms with Crippen LogP contribution >= 0.6 is 11.3 Å². The zero-order valence-electron chi connectivity index (χ0n) is 5.81. The van der Waals surface area contributed by atoms with Gasteiger partial charge in [-0.05, 0) is 11.3 Å². The molecule has 1 heterocycles. The zero-order valence-corrected chi connectivity index (χ0v) is 6.63. The number of carbonyl (C=O) groups excluding carboxylic acids is 1. The number of hydrogen-bond donors (Lipinski definition) is 2. The summed E-state index contributed by atoms with van der Waals surface area (Å²) in [6.45, 7) is 0. The minimum absolute atomic E-state index is 0.0862. The molecule has 64 valence electrons.